The molecule has 0 bridgehead atoms. The van der Waals surface area contributed by atoms with Crippen molar-refractivity contribution >= 4 is 21.6 Å². The van der Waals surface area contributed by atoms with E-state index in [9.17, 15) is 13.2 Å². The van der Waals surface area contributed by atoms with E-state index >= 15 is 0 Å². The van der Waals surface area contributed by atoms with Gasteiger partial charge in [-0.2, -0.15) is 0 Å². The van der Waals surface area contributed by atoms with Crippen molar-refractivity contribution in [1.82, 2.24) is 5.32 Å². The Balaban J connectivity index is 2.08. The lowest BCUT2D eigenvalue weighted by Crippen LogP contribution is -2.37. The average molecular weight is 362 g/mol. The molecule has 0 atom stereocenters. The maximum atomic E-state index is 12.0. The fraction of sp³-hybridized carbons (Fsp3) is 0.278. The third kappa shape index (κ3) is 5.79. The summed E-state index contributed by atoms with van der Waals surface area (Å²) in [7, 11) is -3.45. The summed E-state index contributed by atoms with van der Waals surface area (Å²) in [5.74, 6) is 1.21. The Morgan fingerprint density at radius 3 is 2.20 bits per heavy atom. The molecule has 1 amide bonds. The first kappa shape index (κ1) is 18.8. The van der Waals surface area contributed by atoms with Crippen LogP contribution in [0.2, 0.25) is 0 Å². The number of ether oxygens (including phenoxy) is 1. The van der Waals surface area contributed by atoms with Crippen molar-refractivity contribution in [2.75, 3.05) is 23.7 Å². The van der Waals surface area contributed by atoms with E-state index in [-0.39, 0.29) is 19.0 Å². The highest BCUT2D eigenvalue weighted by atomic mass is 32.2. The first-order valence-electron chi connectivity index (χ1n) is 7.97. The summed E-state index contributed by atoms with van der Waals surface area (Å²) in [5, 5.41) is 2.68. The van der Waals surface area contributed by atoms with Gasteiger partial charge in [0.25, 0.3) is 0 Å². The molecular formula is C18H22N2O4S. The van der Waals surface area contributed by atoms with Gasteiger partial charge in [-0.3, -0.25) is 9.10 Å². The van der Waals surface area contributed by atoms with E-state index in [0.29, 0.717) is 23.6 Å². The van der Waals surface area contributed by atoms with E-state index in [0.717, 1.165) is 6.26 Å². The van der Waals surface area contributed by atoms with Crippen LogP contribution in [0.3, 0.4) is 0 Å². The van der Waals surface area contributed by atoms with Crippen LogP contribution >= 0.6 is 0 Å². The molecule has 0 heterocycles. The number of nitrogens with one attached hydrogen (secondary N) is 1. The van der Waals surface area contributed by atoms with Gasteiger partial charge in [0.2, 0.25) is 15.9 Å². The Kier molecular flexibility index (Phi) is 6.41. The maximum Gasteiger partial charge on any atom is 0.232 e. The minimum atomic E-state index is -3.45. The van der Waals surface area contributed by atoms with E-state index in [1.54, 1.807) is 31.2 Å². The smallest absolute Gasteiger partial charge is 0.232 e. The molecule has 6 nitrogen and oxygen atoms in total. The number of carbonyl (C=O) groups excluding carboxylic acids is 1. The van der Waals surface area contributed by atoms with Crippen LogP contribution in [0.5, 0.6) is 11.5 Å². The molecule has 0 fully saturated rings. The lowest BCUT2D eigenvalue weighted by Gasteiger charge is -2.22. The summed E-state index contributed by atoms with van der Waals surface area (Å²) in [6, 6.07) is 16.1. The molecule has 1 N–H and O–H groups in total. The average Bonchev–Trinajstić information content (AvgIpc) is 2.59. The van der Waals surface area contributed by atoms with E-state index in [1.807, 2.05) is 30.3 Å². The standard InChI is InChI=1S/C18H22N2O4S/c1-3-18(21)19-13-14-20(25(2,22)23)15-9-11-17(12-10-15)24-16-7-5-4-6-8-16/h4-12H,3,13-14H2,1-2H3,(H,19,21). The fourth-order valence-electron chi connectivity index (χ4n) is 2.21. The van der Waals surface area contributed by atoms with Crippen LogP contribution in [0.4, 0.5) is 5.69 Å². The van der Waals surface area contributed by atoms with Gasteiger partial charge in [-0.15, -0.1) is 0 Å². The van der Waals surface area contributed by atoms with Crippen molar-refractivity contribution in [2.45, 2.75) is 13.3 Å². The molecule has 0 aromatic heterocycles. The molecular weight excluding hydrogens is 340 g/mol. The summed E-state index contributed by atoms with van der Waals surface area (Å²) in [6.45, 7) is 2.17. The number of nitrogens with zero attached hydrogens (tertiary/aromatic N) is 1. The zero-order chi connectivity index (χ0) is 18.3. The Morgan fingerprint density at radius 1 is 1.04 bits per heavy atom. The van der Waals surface area contributed by atoms with Crippen LogP contribution in [0, 0.1) is 0 Å². The number of benzene rings is 2. The third-order valence-electron chi connectivity index (χ3n) is 3.46. The highest BCUT2D eigenvalue weighted by molar-refractivity contribution is 7.92. The summed E-state index contributed by atoms with van der Waals surface area (Å²) in [5.41, 5.74) is 0.522. The molecule has 2 aromatic carbocycles. The molecule has 0 saturated heterocycles. The second-order valence-corrected chi connectivity index (χ2v) is 7.35. The molecule has 0 radical (unpaired) electrons. The predicted octanol–water partition coefficient (Wildman–Crippen LogP) is 2.77. The Labute approximate surface area is 148 Å². The van der Waals surface area contributed by atoms with Crippen molar-refractivity contribution in [3.8, 4) is 11.5 Å². The lowest BCUT2D eigenvalue weighted by atomic mass is 10.3. The number of amides is 1. The number of para-hydroxylation sites is 1. The van der Waals surface area contributed by atoms with Crippen LogP contribution in [0.25, 0.3) is 0 Å². The fourth-order valence-corrected chi connectivity index (χ4v) is 3.14. The number of rotatable bonds is 8. The number of hydrogen-bond acceptors (Lipinski definition) is 4. The SMILES string of the molecule is CCC(=O)NCCN(c1ccc(Oc2ccccc2)cc1)S(C)(=O)=O. The highest BCUT2D eigenvalue weighted by Gasteiger charge is 2.17. The van der Waals surface area contributed by atoms with E-state index in [1.165, 1.54) is 4.31 Å². The highest BCUT2D eigenvalue weighted by Crippen LogP contribution is 2.25. The second-order valence-electron chi connectivity index (χ2n) is 5.45. The van der Waals surface area contributed by atoms with Gasteiger partial charge in [0, 0.05) is 13.0 Å². The maximum absolute atomic E-state index is 12.0. The van der Waals surface area contributed by atoms with Crippen LogP contribution in [-0.4, -0.2) is 33.7 Å². The molecule has 0 unspecified atom stereocenters. The largest absolute Gasteiger partial charge is 0.457 e. The van der Waals surface area contributed by atoms with Crippen LogP contribution < -0.4 is 14.4 Å². The Hall–Kier alpha value is -2.54. The number of hydrogen-bond donors (Lipinski definition) is 1. The molecule has 25 heavy (non-hydrogen) atoms. The minimum Gasteiger partial charge on any atom is -0.457 e. The second kappa shape index (κ2) is 8.53. The predicted molar refractivity (Wildman–Crippen MR) is 98.4 cm³/mol. The van der Waals surface area contributed by atoms with Crippen molar-refractivity contribution in [3.63, 3.8) is 0 Å². The monoisotopic (exact) mass is 362 g/mol. The number of anilines is 1. The van der Waals surface area contributed by atoms with Gasteiger partial charge in [-0.1, -0.05) is 25.1 Å². The van der Waals surface area contributed by atoms with Gasteiger partial charge >= 0.3 is 0 Å². The van der Waals surface area contributed by atoms with Crippen LogP contribution in [0.1, 0.15) is 13.3 Å². The molecule has 134 valence electrons. The Bertz CT molecular complexity index is 790. The molecule has 0 aliphatic heterocycles. The summed E-state index contributed by atoms with van der Waals surface area (Å²) in [6.07, 6.45) is 1.51. The molecule has 0 spiro atoms. The van der Waals surface area contributed by atoms with E-state index < -0.39 is 10.0 Å². The summed E-state index contributed by atoms with van der Waals surface area (Å²) in [4.78, 5) is 11.3. The van der Waals surface area contributed by atoms with Gasteiger partial charge in [0.05, 0.1) is 18.5 Å². The van der Waals surface area contributed by atoms with Gasteiger partial charge in [0.1, 0.15) is 11.5 Å². The summed E-state index contributed by atoms with van der Waals surface area (Å²) < 4.78 is 31.0. The normalized spacial score (nSPS) is 11.0. The molecule has 7 heteroatoms. The quantitative estimate of drug-likeness (QED) is 0.783. The van der Waals surface area contributed by atoms with E-state index in [2.05, 4.69) is 5.32 Å². The molecule has 0 aliphatic rings. The molecule has 2 rings (SSSR count). The lowest BCUT2D eigenvalue weighted by molar-refractivity contribution is -0.120. The van der Waals surface area contributed by atoms with Gasteiger partial charge < -0.3 is 10.1 Å². The van der Waals surface area contributed by atoms with E-state index in [4.69, 9.17) is 4.74 Å². The minimum absolute atomic E-state index is 0.111. The van der Waals surface area contributed by atoms with Gasteiger partial charge in [0.15, 0.2) is 0 Å². The first-order chi connectivity index (χ1) is 11.9. The van der Waals surface area contributed by atoms with Crippen molar-refractivity contribution in [2.24, 2.45) is 0 Å². The third-order valence-corrected chi connectivity index (χ3v) is 4.66. The number of sulfonamides is 1. The van der Waals surface area contributed by atoms with Crippen molar-refractivity contribution in [1.29, 1.82) is 0 Å². The van der Waals surface area contributed by atoms with Crippen molar-refractivity contribution in [3.05, 3.63) is 54.6 Å². The molecule has 0 aliphatic carbocycles. The van der Waals surface area contributed by atoms with Gasteiger partial charge in [-0.25, -0.2) is 8.42 Å². The van der Waals surface area contributed by atoms with Crippen LogP contribution in [0.15, 0.2) is 54.6 Å². The number of carbonyl (C=O) groups is 1. The van der Waals surface area contributed by atoms with Crippen LogP contribution in [-0.2, 0) is 14.8 Å². The zero-order valence-electron chi connectivity index (χ0n) is 14.3. The van der Waals surface area contributed by atoms with Gasteiger partial charge in [-0.05, 0) is 36.4 Å². The topological polar surface area (TPSA) is 75.7 Å². The summed E-state index contributed by atoms with van der Waals surface area (Å²) >= 11 is 0. The van der Waals surface area contributed by atoms with Crippen molar-refractivity contribution < 1.29 is 17.9 Å². The zero-order valence-corrected chi connectivity index (χ0v) is 15.1. The first-order valence-corrected chi connectivity index (χ1v) is 9.82. The Morgan fingerprint density at radius 2 is 1.64 bits per heavy atom. The molecule has 2 aromatic rings. The molecule has 0 saturated carbocycles.